The van der Waals surface area contributed by atoms with E-state index in [1.807, 2.05) is 24.3 Å². The van der Waals surface area contributed by atoms with Gasteiger partial charge in [0.05, 0.1) is 0 Å². The lowest BCUT2D eigenvalue weighted by Gasteiger charge is -2.07. The summed E-state index contributed by atoms with van der Waals surface area (Å²) in [5, 5.41) is 5.19. The first kappa shape index (κ1) is 14.6. The Bertz CT molecular complexity index is 579. The molecule has 0 bridgehead atoms. The lowest BCUT2D eigenvalue weighted by atomic mass is 10.1. The van der Waals surface area contributed by atoms with Crippen molar-refractivity contribution in [3.63, 3.8) is 0 Å². The van der Waals surface area contributed by atoms with Crippen LogP contribution in [0.5, 0.6) is 11.5 Å². The Labute approximate surface area is 122 Å². The van der Waals surface area contributed by atoms with E-state index in [2.05, 4.69) is 10.6 Å². The summed E-state index contributed by atoms with van der Waals surface area (Å²) in [4.78, 5) is 20.5. The highest BCUT2D eigenvalue weighted by Crippen LogP contribution is 2.23. The average molecular weight is 284 g/mol. The standard InChI is InChI=1S/C16H16N2O3/c19-11-17-10-9-13-1-5-15(6-2-13)21-16-7-3-14(4-8-16)18-12-20/h1-8,11-12H,9-10H2,(H,17,19)(H,18,20). The molecule has 0 saturated carbocycles. The van der Waals surface area contributed by atoms with Crippen LogP contribution in [0.15, 0.2) is 48.5 Å². The van der Waals surface area contributed by atoms with Crippen molar-refractivity contribution in [2.24, 2.45) is 0 Å². The van der Waals surface area contributed by atoms with E-state index in [0.717, 1.165) is 23.4 Å². The van der Waals surface area contributed by atoms with E-state index >= 15 is 0 Å². The number of rotatable bonds is 8. The summed E-state index contributed by atoms with van der Waals surface area (Å²) in [5.74, 6) is 1.43. The van der Waals surface area contributed by atoms with E-state index in [0.29, 0.717) is 25.1 Å². The van der Waals surface area contributed by atoms with Gasteiger partial charge >= 0.3 is 0 Å². The molecule has 21 heavy (non-hydrogen) atoms. The van der Waals surface area contributed by atoms with Gasteiger partial charge in [-0.3, -0.25) is 9.59 Å². The van der Waals surface area contributed by atoms with Crippen LogP contribution >= 0.6 is 0 Å². The molecule has 0 fully saturated rings. The monoisotopic (exact) mass is 284 g/mol. The predicted molar refractivity (Wildman–Crippen MR) is 80.4 cm³/mol. The van der Waals surface area contributed by atoms with Crippen LogP contribution in [0.25, 0.3) is 0 Å². The molecule has 2 amide bonds. The number of hydrogen-bond donors (Lipinski definition) is 2. The fraction of sp³-hybridized carbons (Fsp3) is 0.125. The van der Waals surface area contributed by atoms with E-state index in [-0.39, 0.29) is 0 Å². The van der Waals surface area contributed by atoms with Crippen molar-refractivity contribution in [2.45, 2.75) is 6.42 Å². The number of carbonyl (C=O) groups excluding carboxylic acids is 2. The highest BCUT2D eigenvalue weighted by molar-refractivity contribution is 5.71. The van der Waals surface area contributed by atoms with Crippen LogP contribution in [-0.2, 0) is 16.0 Å². The number of ether oxygens (including phenoxy) is 1. The third-order valence-electron chi connectivity index (χ3n) is 2.88. The van der Waals surface area contributed by atoms with E-state index in [1.54, 1.807) is 24.3 Å². The first-order chi connectivity index (χ1) is 10.3. The summed E-state index contributed by atoms with van der Waals surface area (Å²) in [6, 6.07) is 14.8. The molecular formula is C16H16N2O3. The molecule has 108 valence electrons. The van der Waals surface area contributed by atoms with Gasteiger partial charge in [0.15, 0.2) is 0 Å². The summed E-state index contributed by atoms with van der Waals surface area (Å²) >= 11 is 0. The van der Waals surface area contributed by atoms with Gasteiger partial charge < -0.3 is 15.4 Å². The second kappa shape index (κ2) is 7.69. The van der Waals surface area contributed by atoms with Crippen molar-refractivity contribution >= 4 is 18.5 Å². The second-order valence-electron chi connectivity index (χ2n) is 4.35. The fourth-order valence-corrected chi connectivity index (χ4v) is 1.82. The molecule has 5 nitrogen and oxygen atoms in total. The zero-order chi connectivity index (χ0) is 14.9. The molecule has 5 heteroatoms. The minimum atomic E-state index is 0.620. The first-order valence-corrected chi connectivity index (χ1v) is 6.56. The minimum Gasteiger partial charge on any atom is -0.457 e. The molecule has 2 rings (SSSR count). The third-order valence-corrected chi connectivity index (χ3v) is 2.88. The maximum atomic E-state index is 10.3. The SMILES string of the molecule is O=CNCCc1ccc(Oc2ccc(NC=O)cc2)cc1. The van der Waals surface area contributed by atoms with Crippen LogP contribution in [0, 0.1) is 0 Å². The largest absolute Gasteiger partial charge is 0.457 e. The topological polar surface area (TPSA) is 67.4 Å². The zero-order valence-electron chi connectivity index (χ0n) is 11.4. The third kappa shape index (κ3) is 4.65. The smallest absolute Gasteiger partial charge is 0.211 e. The highest BCUT2D eigenvalue weighted by Gasteiger charge is 1.99. The van der Waals surface area contributed by atoms with Gasteiger partial charge in [0.25, 0.3) is 0 Å². The summed E-state index contributed by atoms with van der Waals surface area (Å²) in [6.45, 7) is 0.620. The zero-order valence-corrected chi connectivity index (χ0v) is 11.4. The number of hydrogen-bond acceptors (Lipinski definition) is 3. The molecule has 0 spiro atoms. The number of amides is 2. The number of benzene rings is 2. The molecule has 0 atom stereocenters. The summed E-state index contributed by atoms with van der Waals surface area (Å²) in [6.07, 6.45) is 2.11. The molecule has 0 unspecified atom stereocenters. The normalized spacial score (nSPS) is 9.71. The Morgan fingerprint density at radius 3 is 2.05 bits per heavy atom. The van der Waals surface area contributed by atoms with Crippen LogP contribution in [0.4, 0.5) is 5.69 Å². The van der Waals surface area contributed by atoms with Gasteiger partial charge in [0, 0.05) is 12.2 Å². The molecule has 0 aliphatic heterocycles. The van der Waals surface area contributed by atoms with Crippen LogP contribution < -0.4 is 15.4 Å². The van der Waals surface area contributed by atoms with Gasteiger partial charge in [-0.1, -0.05) is 12.1 Å². The quantitative estimate of drug-likeness (QED) is 0.577. The van der Waals surface area contributed by atoms with Crippen molar-refractivity contribution in [1.82, 2.24) is 5.32 Å². The first-order valence-electron chi connectivity index (χ1n) is 6.56. The van der Waals surface area contributed by atoms with Crippen molar-refractivity contribution < 1.29 is 14.3 Å². The highest BCUT2D eigenvalue weighted by atomic mass is 16.5. The van der Waals surface area contributed by atoms with Gasteiger partial charge in [-0.25, -0.2) is 0 Å². The van der Waals surface area contributed by atoms with E-state index in [1.165, 1.54) is 0 Å². The van der Waals surface area contributed by atoms with E-state index in [4.69, 9.17) is 4.74 Å². The Balaban J connectivity index is 1.93. The van der Waals surface area contributed by atoms with Crippen molar-refractivity contribution in [2.75, 3.05) is 11.9 Å². The maximum Gasteiger partial charge on any atom is 0.211 e. The van der Waals surface area contributed by atoms with E-state index in [9.17, 15) is 9.59 Å². The molecular weight excluding hydrogens is 268 g/mol. The molecule has 2 aromatic carbocycles. The average Bonchev–Trinajstić information content (AvgIpc) is 2.51. The van der Waals surface area contributed by atoms with Crippen LogP contribution in [0.2, 0.25) is 0 Å². The number of anilines is 1. The molecule has 2 aromatic rings. The Kier molecular flexibility index (Phi) is 5.34. The maximum absolute atomic E-state index is 10.3. The van der Waals surface area contributed by atoms with Crippen LogP contribution in [0.1, 0.15) is 5.56 Å². The Morgan fingerprint density at radius 1 is 0.857 bits per heavy atom. The van der Waals surface area contributed by atoms with Crippen LogP contribution in [-0.4, -0.2) is 19.4 Å². The van der Waals surface area contributed by atoms with Gasteiger partial charge in [0.2, 0.25) is 12.8 Å². The van der Waals surface area contributed by atoms with Gasteiger partial charge in [-0.2, -0.15) is 0 Å². The molecule has 0 heterocycles. The minimum absolute atomic E-state index is 0.620. The Hall–Kier alpha value is -2.82. The molecule has 0 aliphatic carbocycles. The molecule has 0 radical (unpaired) electrons. The summed E-state index contributed by atoms with van der Waals surface area (Å²) in [5.41, 5.74) is 1.85. The van der Waals surface area contributed by atoms with Crippen molar-refractivity contribution in [3.05, 3.63) is 54.1 Å². The predicted octanol–water partition coefficient (Wildman–Crippen LogP) is 2.34. The summed E-state index contributed by atoms with van der Waals surface area (Å²) in [7, 11) is 0. The second-order valence-corrected chi connectivity index (χ2v) is 4.35. The summed E-state index contributed by atoms with van der Waals surface area (Å²) < 4.78 is 5.70. The Morgan fingerprint density at radius 2 is 1.48 bits per heavy atom. The molecule has 0 aromatic heterocycles. The van der Waals surface area contributed by atoms with Crippen LogP contribution in [0.3, 0.4) is 0 Å². The van der Waals surface area contributed by atoms with Gasteiger partial charge in [-0.15, -0.1) is 0 Å². The number of nitrogens with one attached hydrogen (secondary N) is 2. The number of carbonyl (C=O) groups is 2. The van der Waals surface area contributed by atoms with Gasteiger partial charge in [0.1, 0.15) is 11.5 Å². The molecule has 2 N–H and O–H groups in total. The fourth-order valence-electron chi connectivity index (χ4n) is 1.82. The van der Waals surface area contributed by atoms with Crippen molar-refractivity contribution in [1.29, 1.82) is 0 Å². The molecule has 0 aliphatic rings. The lowest BCUT2D eigenvalue weighted by Crippen LogP contribution is -2.14. The lowest BCUT2D eigenvalue weighted by molar-refractivity contribution is -0.109. The van der Waals surface area contributed by atoms with Gasteiger partial charge in [-0.05, 0) is 48.4 Å². The van der Waals surface area contributed by atoms with E-state index < -0.39 is 0 Å². The van der Waals surface area contributed by atoms with Crippen molar-refractivity contribution in [3.8, 4) is 11.5 Å². The molecule has 0 saturated heterocycles.